The lowest BCUT2D eigenvalue weighted by molar-refractivity contribution is 0.483. The maximum atomic E-state index is 6.52. The molecular formula is C41H40N4O. The van der Waals surface area contributed by atoms with Gasteiger partial charge in [0.25, 0.3) is 0 Å². The van der Waals surface area contributed by atoms with Gasteiger partial charge in [-0.25, -0.2) is 9.67 Å². The van der Waals surface area contributed by atoms with Gasteiger partial charge in [0.15, 0.2) is 0 Å². The minimum Gasteiger partial charge on any atom is -0.457 e. The molecule has 0 aliphatic rings. The minimum absolute atomic E-state index is 0.411. The van der Waals surface area contributed by atoms with E-state index in [1.807, 2.05) is 41.3 Å². The van der Waals surface area contributed by atoms with Crippen LogP contribution in [0.3, 0.4) is 0 Å². The van der Waals surface area contributed by atoms with Crippen LogP contribution in [0.1, 0.15) is 76.0 Å². The summed E-state index contributed by atoms with van der Waals surface area (Å²) in [6.45, 7) is 13.4. The fraction of sp³-hybridized carbons (Fsp3) is 0.220. The van der Waals surface area contributed by atoms with E-state index in [2.05, 4.69) is 125 Å². The fourth-order valence-electron chi connectivity index (χ4n) is 6.48. The molecule has 0 saturated heterocycles. The number of benzene rings is 4. The molecule has 0 amide bonds. The highest BCUT2D eigenvalue weighted by atomic mass is 16.5. The molecule has 0 unspecified atom stereocenters. The van der Waals surface area contributed by atoms with Gasteiger partial charge < -0.3 is 4.74 Å². The van der Waals surface area contributed by atoms with E-state index < -0.39 is 0 Å². The van der Waals surface area contributed by atoms with E-state index in [0.29, 0.717) is 17.8 Å². The van der Waals surface area contributed by atoms with E-state index in [1.54, 1.807) is 0 Å². The van der Waals surface area contributed by atoms with Crippen LogP contribution in [0.2, 0.25) is 0 Å². The molecule has 4 aromatic carbocycles. The first kappa shape index (κ1) is 29.5. The van der Waals surface area contributed by atoms with Crippen molar-refractivity contribution in [2.24, 2.45) is 0 Å². The summed E-state index contributed by atoms with van der Waals surface area (Å²) in [5.41, 5.74) is 9.51. The second-order valence-corrected chi connectivity index (χ2v) is 13.0. The summed E-state index contributed by atoms with van der Waals surface area (Å²) in [5, 5.41) is 7.15. The molecule has 46 heavy (non-hydrogen) atoms. The first-order valence-corrected chi connectivity index (χ1v) is 16.2. The number of hydrogen-bond acceptors (Lipinski definition) is 3. The van der Waals surface area contributed by atoms with Crippen LogP contribution >= 0.6 is 0 Å². The van der Waals surface area contributed by atoms with Gasteiger partial charge in [0.1, 0.15) is 17.3 Å². The van der Waals surface area contributed by atoms with Crippen LogP contribution < -0.4 is 4.74 Å². The van der Waals surface area contributed by atoms with Crippen molar-refractivity contribution in [1.82, 2.24) is 19.3 Å². The molecule has 7 rings (SSSR count). The topological polar surface area (TPSA) is 44.9 Å². The molecule has 230 valence electrons. The highest BCUT2D eigenvalue weighted by molar-refractivity contribution is 6.09. The maximum absolute atomic E-state index is 6.52. The van der Waals surface area contributed by atoms with Gasteiger partial charge in [0, 0.05) is 40.9 Å². The third kappa shape index (κ3) is 5.36. The molecule has 0 atom stereocenters. The van der Waals surface area contributed by atoms with Crippen LogP contribution in [0, 0.1) is 0 Å². The van der Waals surface area contributed by atoms with Crippen LogP contribution in [0.15, 0.2) is 116 Å². The zero-order valence-electron chi connectivity index (χ0n) is 27.4. The van der Waals surface area contributed by atoms with Crippen molar-refractivity contribution in [2.45, 2.75) is 59.3 Å². The molecule has 3 heterocycles. The largest absolute Gasteiger partial charge is 0.457 e. The first-order chi connectivity index (χ1) is 22.3. The molecule has 0 radical (unpaired) electrons. The van der Waals surface area contributed by atoms with Crippen molar-refractivity contribution in [3.63, 3.8) is 0 Å². The van der Waals surface area contributed by atoms with E-state index in [9.17, 15) is 0 Å². The standard InChI is InChI=1S/C41H40N4O/c1-26(2)29-19-20-42-40(21-29)45-38-16-8-7-13-36(38)37-18-17-33(23-39(37)45)46-32-12-9-11-31(22-32)44-25-30(24-43-44)41-34(27(3)4)14-10-15-35(41)28(5)6/h7-28H,1-6H3. The molecular weight excluding hydrogens is 564 g/mol. The summed E-state index contributed by atoms with van der Waals surface area (Å²) in [6.07, 6.45) is 6.02. The lowest BCUT2D eigenvalue weighted by Gasteiger charge is -2.18. The van der Waals surface area contributed by atoms with Crippen LogP contribution in [-0.2, 0) is 0 Å². The van der Waals surface area contributed by atoms with E-state index >= 15 is 0 Å². The van der Waals surface area contributed by atoms with Crippen molar-refractivity contribution in [2.75, 3.05) is 0 Å². The van der Waals surface area contributed by atoms with Crippen molar-refractivity contribution >= 4 is 21.8 Å². The van der Waals surface area contributed by atoms with Gasteiger partial charge in [-0.3, -0.25) is 4.57 Å². The maximum Gasteiger partial charge on any atom is 0.137 e. The zero-order chi connectivity index (χ0) is 31.9. The van der Waals surface area contributed by atoms with Crippen LogP contribution in [-0.4, -0.2) is 19.3 Å². The number of aromatic nitrogens is 4. The Morgan fingerprint density at radius 3 is 2.11 bits per heavy atom. The zero-order valence-corrected chi connectivity index (χ0v) is 27.4. The lowest BCUT2D eigenvalue weighted by Crippen LogP contribution is -1.99. The Labute approximate surface area is 271 Å². The Bertz CT molecular complexity index is 2160. The smallest absolute Gasteiger partial charge is 0.137 e. The number of pyridine rings is 1. The molecule has 7 aromatic rings. The van der Waals surface area contributed by atoms with E-state index in [0.717, 1.165) is 39.6 Å². The Balaban J connectivity index is 1.25. The monoisotopic (exact) mass is 604 g/mol. The van der Waals surface area contributed by atoms with Gasteiger partial charge in [0.05, 0.1) is 22.9 Å². The third-order valence-electron chi connectivity index (χ3n) is 8.87. The van der Waals surface area contributed by atoms with Crippen molar-refractivity contribution in [1.29, 1.82) is 0 Å². The number of fused-ring (bicyclic) bond motifs is 3. The van der Waals surface area contributed by atoms with Gasteiger partial charge in [-0.05, 0) is 82.5 Å². The molecule has 0 fully saturated rings. The third-order valence-corrected chi connectivity index (χ3v) is 8.87. The molecule has 0 bridgehead atoms. The molecule has 5 nitrogen and oxygen atoms in total. The lowest BCUT2D eigenvalue weighted by atomic mass is 9.86. The summed E-state index contributed by atoms with van der Waals surface area (Å²) >= 11 is 0. The predicted octanol–water partition coefficient (Wildman–Crippen LogP) is 11.2. The van der Waals surface area contributed by atoms with E-state index in [4.69, 9.17) is 14.8 Å². The van der Waals surface area contributed by atoms with Crippen molar-refractivity contribution in [3.8, 4) is 34.1 Å². The van der Waals surface area contributed by atoms with Crippen molar-refractivity contribution < 1.29 is 4.74 Å². The molecule has 0 spiro atoms. The summed E-state index contributed by atoms with van der Waals surface area (Å²) in [6, 6.07) is 33.9. The van der Waals surface area contributed by atoms with Crippen molar-refractivity contribution in [3.05, 3.63) is 132 Å². The van der Waals surface area contributed by atoms with Gasteiger partial charge in [-0.1, -0.05) is 84.0 Å². The Morgan fingerprint density at radius 2 is 1.35 bits per heavy atom. The Kier molecular flexibility index (Phi) is 7.69. The molecule has 3 aromatic heterocycles. The number of para-hydroxylation sites is 1. The van der Waals surface area contributed by atoms with Gasteiger partial charge >= 0.3 is 0 Å². The summed E-state index contributed by atoms with van der Waals surface area (Å²) in [7, 11) is 0. The minimum atomic E-state index is 0.411. The first-order valence-electron chi connectivity index (χ1n) is 16.2. The van der Waals surface area contributed by atoms with E-state index in [1.165, 1.54) is 33.0 Å². The Morgan fingerprint density at radius 1 is 0.630 bits per heavy atom. The fourth-order valence-corrected chi connectivity index (χ4v) is 6.48. The molecule has 0 saturated carbocycles. The van der Waals surface area contributed by atoms with Crippen LogP contribution in [0.25, 0.3) is 44.4 Å². The van der Waals surface area contributed by atoms with E-state index in [-0.39, 0.29) is 0 Å². The normalized spacial score (nSPS) is 11.8. The second kappa shape index (κ2) is 12.0. The summed E-state index contributed by atoms with van der Waals surface area (Å²) in [4.78, 5) is 4.79. The average Bonchev–Trinajstić information content (AvgIpc) is 3.68. The molecule has 0 aliphatic heterocycles. The Hall–Kier alpha value is -5.16. The quantitative estimate of drug-likeness (QED) is 0.173. The predicted molar refractivity (Wildman–Crippen MR) is 190 cm³/mol. The van der Waals surface area contributed by atoms with Gasteiger partial charge in [-0.15, -0.1) is 0 Å². The number of nitrogens with zero attached hydrogens (tertiary/aromatic N) is 4. The molecule has 0 aliphatic carbocycles. The van der Waals surface area contributed by atoms with Crippen LogP contribution in [0.4, 0.5) is 0 Å². The molecule has 0 N–H and O–H groups in total. The van der Waals surface area contributed by atoms with Gasteiger partial charge in [0.2, 0.25) is 0 Å². The summed E-state index contributed by atoms with van der Waals surface area (Å²) < 4.78 is 10.7. The highest BCUT2D eigenvalue weighted by Gasteiger charge is 2.18. The van der Waals surface area contributed by atoms with Crippen LogP contribution in [0.5, 0.6) is 11.5 Å². The summed E-state index contributed by atoms with van der Waals surface area (Å²) in [5.74, 6) is 3.67. The van der Waals surface area contributed by atoms with Gasteiger partial charge in [-0.2, -0.15) is 5.10 Å². The number of hydrogen-bond donors (Lipinski definition) is 0. The number of ether oxygens (including phenoxy) is 1. The average molecular weight is 605 g/mol. The second-order valence-electron chi connectivity index (χ2n) is 13.0. The molecule has 5 heteroatoms. The number of rotatable bonds is 8. The highest BCUT2D eigenvalue weighted by Crippen LogP contribution is 2.38. The SMILES string of the molecule is CC(C)c1ccnc(-n2c3ccccc3c3ccc(Oc4cccc(-n5cc(-c6c(C(C)C)cccc6C(C)C)cn5)c4)cc32)c1.